The molecular weight excluding hydrogens is 404 g/mol. The molecule has 2 aliphatic heterocycles. The Labute approximate surface area is 182 Å². The fourth-order valence-electron chi connectivity index (χ4n) is 3.63. The van der Waals surface area contributed by atoms with E-state index in [1.165, 1.54) is 0 Å². The van der Waals surface area contributed by atoms with Crippen LogP contribution < -0.4 is 15.4 Å². The largest absolute Gasteiger partial charge is 0.493 e. The summed E-state index contributed by atoms with van der Waals surface area (Å²) in [4.78, 5) is 8.82. The minimum Gasteiger partial charge on any atom is -0.493 e. The van der Waals surface area contributed by atoms with Gasteiger partial charge in [-0.15, -0.1) is 0 Å². The van der Waals surface area contributed by atoms with Crippen LogP contribution in [-0.2, 0) is 9.47 Å². The van der Waals surface area contributed by atoms with Gasteiger partial charge in [0.05, 0.1) is 12.8 Å². The minimum absolute atomic E-state index is 0.504. The van der Waals surface area contributed by atoms with Crippen LogP contribution in [0.5, 0.6) is 5.75 Å². The van der Waals surface area contributed by atoms with E-state index in [1.807, 2.05) is 24.3 Å². The summed E-state index contributed by atoms with van der Waals surface area (Å²) in [5.74, 6) is 3.17. The molecule has 0 unspecified atom stereocenters. The van der Waals surface area contributed by atoms with Gasteiger partial charge in [0.2, 0.25) is 5.95 Å². The number of ether oxygens (including phenoxy) is 3. The van der Waals surface area contributed by atoms with Gasteiger partial charge >= 0.3 is 0 Å². The van der Waals surface area contributed by atoms with E-state index >= 15 is 0 Å². The summed E-state index contributed by atoms with van der Waals surface area (Å²) in [6, 6.07) is 7.85. The summed E-state index contributed by atoms with van der Waals surface area (Å²) in [6.45, 7) is 4.89. The van der Waals surface area contributed by atoms with Gasteiger partial charge in [-0.25, -0.2) is 4.98 Å². The third-order valence-electron chi connectivity index (χ3n) is 5.58. The summed E-state index contributed by atoms with van der Waals surface area (Å²) in [5.41, 5.74) is 0.895. The van der Waals surface area contributed by atoms with Gasteiger partial charge in [0.15, 0.2) is 5.82 Å². The Morgan fingerprint density at radius 1 is 0.967 bits per heavy atom. The molecule has 1 aromatic carbocycles. The van der Waals surface area contributed by atoms with Gasteiger partial charge in [-0.2, -0.15) is 4.98 Å². The van der Waals surface area contributed by atoms with E-state index in [2.05, 4.69) is 20.6 Å². The lowest BCUT2D eigenvalue weighted by molar-refractivity contribution is 0.0497. The normalized spacial score (nSPS) is 18.2. The van der Waals surface area contributed by atoms with Crippen molar-refractivity contribution >= 4 is 29.1 Å². The number of aromatic nitrogens is 2. The Balaban J connectivity index is 1.29. The number of halogens is 1. The molecular formula is C22H29ClN4O3. The van der Waals surface area contributed by atoms with Crippen LogP contribution in [0.1, 0.15) is 25.7 Å². The van der Waals surface area contributed by atoms with Gasteiger partial charge in [0, 0.05) is 38.7 Å². The fourth-order valence-corrected chi connectivity index (χ4v) is 3.79. The van der Waals surface area contributed by atoms with E-state index in [0.717, 1.165) is 76.7 Å². The summed E-state index contributed by atoms with van der Waals surface area (Å²) >= 11 is 6.27. The molecule has 30 heavy (non-hydrogen) atoms. The predicted octanol–water partition coefficient (Wildman–Crippen LogP) is 4.52. The Hall–Kier alpha value is -2.09. The van der Waals surface area contributed by atoms with E-state index in [1.54, 1.807) is 6.20 Å². The number of nitrogens with zero attached hydrogens (tertiary/aromatic N) is 2. The van der Waals surface area contributed by atoms with E-state index in [9.17, 15) is 0 Å². The Bertz CT molecular complexity index is 793. The Morgan fingerprint density at radius 2 is 1.63 bits per heavy atom. The lowest BCUT2D eigenvalue weighted by Crippen LogP contribution is -2.23. The van der Waals surface area contributed by atoms with E-state index in [0.29, 0.717) is 28.6 Å². The molecule has 0 radical (unpaired) electrons. The molecule has 4 rings (SSSR count). The van der Waals surface area contributed by atoms with Gasteiger partial charge < -0.3 is 24.8 Å². The van der Waals surface area contributed by atoms with Crippen molar-refractivity contribution in [3.05, 3.63) is 35.5 Å². The monoisotopic (exact) mass is 432 g/mol. The van der Waals surface area contributed by atoms with Crippen molar-refractivity contribution in [2.24, 2.45) is 11.8 Å². The SMILES string of the molecule is Clc1cnc(Nc2ccc(OCC3CCOCC3)cc2)nc1NCC1CCOCC1. The second-order valence-corrected chi connectivity index (χ2v) is 8.25. The standard InChI is InChI=1S/C22H29ClN4O3/c23-20-14-25-22(27-21(20)24-13-16-5-9-28-10-6-16)26-18-1-3-19(4-2-18)30-15-17-7-11-29-12-8-17/h1-4,14,16-17H,5-13,15H2,(H2,24,25,26,27). The highest BCUT2D eigenvalue weighted by molar-refractivity contribution is 6.32. The van der Waals surface area contributed by atoms with Crippen LogP contribution >= 0.6 is 11.6 Å². The highest BCUT2D eigenvalue weighted by Gasteiger charge is 2.16. The van der Waals surface area contributed by atoms with Crippen LogP contribution in [0.15, 0.2) is 30.5 Å². The second kappa shape index (κ2) is 10.8. The molecule has 2 saturated heterocycles. The van der Waals surface area contributed by atoms with Gasteiger partial charge in [-0.3, -0.25) is 0 Å². The molecule has 1 aromatic heterocycles. The van der Waals surface area contributed by atoms with Crippen molar-refractivity contribution in [2.75, 3.05) is 50.2 Å². The van der Waals surface area contributed by atoms with Gasteiger partial charge in [0.25, 0.3) is 0 Å². The molecule has 0 amide bonds. The second-order valence-electron chi connectivity index (χ2n) is 7.84. The van der Waals surface area contributed by atoms with E-state index in [-0.39, 0.29) is 0 Å². The van der Waals surface area contributed by atoms with Gasteiger partial charge in [-0.05, 0) is 61.8 Å². The Morgan fingerprint density at radius 3 is 2.33 bits per heavy atom. The number of nitrogens with one attached hydrogen (secondary N) is 2. The van der Waals surface area contributed by atoms with Crippen molar-refractivity contribution in [3.8, 4) is 5.75 Å². The van der Waals surface area contributed by atoms with Crippen molar-refractivity contribution in [1.29, 1.82) is 0 Å². The van der Waals surface area contributed by atoms with Crippen LogP contribution in [0.2, 0.25) is 5.02 Å². The van der Waals surface area contributed by atoms with Crippen LogP contribution in [-0.4, -0.2) is 49.5 Å². The molecule has 3 heterocycles. The zero-order valence-corrected chi connectivity index (χ0v) is 17.9. The zero-order chi connectivity index (χ0) is 20.6. The van der Waals surface area contributed by atoms with Gasteiger partial charge in [0.1, 0.15) is 10.8 Å². The summed E-state index contributed by atoms with van der Waals surface area (Å²) in [6.07, 6.45) is 5.87. The number of hydrogen-bond donors (Lipinski definition) is 2. The molecule has 2 aliphatic rings. The lowest BCUT2D eigenvalue weighted by Gasteiger charge is -2.22. The molecule has 0 atom stereocenters. The van der Waals surface area contributed by atoms with Crippen LogP contribution in [0, 0.1) is 11.8 Å². The molecule has 0 spiro atoms. The highest BCUT2D eigenvalue weighted by atomic mass is 35.5. The molecule has 0 saturated carbocycles. The summed E-state index contributed by atoms with van der Waals surface area (Å²) < 4.78 is 16.7. The first kappa shape index (κ1) is 21.2. The first-order valence-corrected chi connectivity index (χ1v) is 11.1. The third-order valence-corrected chi connectivity index (χ3v) is 5.86. The maximum atomic E-state index is 6.27. The quantitative estimate of drug-likeness (QED) is 0.635. The first-order valence-electron chi connectivity index (χ1n) is 10.7. The number of hydrogen-bond acceptors (Lipinski definition) is 7. The molecule has 2 N–H and O–H groups in total. The number of benzene rings is 1. The van der Waals surface area contributed by atoms with Gasteiger partial charge in [-0.1, -0.05) is 11.6 Å². The van der Waals surface area contributed by atoms with Crippen molar-refractivity contribution in [3.63, 3.8) is 0 Å². The average molecular weight is 433 g/mol. The number of rotatable bonds is 8. The highest BCUT2D eigenvalue weighted by Crippen LogP contribution is 2.24. The molecule has 0 bridgehead atoms. The molecule has 2 fully saturated rings. The average Bonchev–Trinajstić information content (AvgIpc) is 2.80. The third kappa shape index (κ3) is 6.20. The minimum atomic E-state index is 0.504. The van der Waals surface area contributed by atoms with E-state index < -0.39 is 0 Å². The molecule has 162 valence electrons. The zero-order valence-electron chi connectivity index (χ0n) is 17.1. The van der Waals surface area contributed by atoms with Crippen molar-refractivity contribution in [2.45, 2.75) is 25.7 Å². The van der Waals surface area contributed by atoms with Crippen molar-refractivity contribution < 1.29 is 14.2 Å². The first-order chi connectivity index (χ1) is 14.8. The Kier molecular flexibility index (Phi) is 7.61. The maximum Gasteiger partial charge on any atom is 0.229 e. The van der Waals surface area contributed by atoms with Crippen LogP contribution in [0.3, 0.4) is 0 Å². The molecule has 2 aromatic rings. The van der Waals surface area contributed by atoms with Crippen LogP contribution in [0.25, 0.3) is 0 Å². The summed E-state index contributed by atoms with van der Waals surface area (Å²) in [7, 11) is 0. The molecule has 8 heteroatoms. The number of anilines is 3. The van der Waals surface area contributed by atoms with Crippen molar-refractivity contribution in [1.82, 2.24) is 9.97 Å². The van der Waals surface area contributed by atoms with E-state index in [4.69, 9.17) is 25.8 Å². The molecule has 0 aliphatic carbocycles. The molecule has 7 nitrogen and oxygen atoms in total. The summed E-state index contributed by atoms with van der Waals surface area (Å²) in [5, 5.41) is 7.11. The smallest absolute Gasteiger partial charge is 0.229 e. The predicted molar refractivity (Wildman–Crippen MR) is 118 cm³/mol. The topological polar surface area (TPSA) is 77.5 Å². The van der Waals surface area contributed by atoms with Crippen LogP contribution in [0.4, 0.5) is 17.5 Å². The fraction of sp³-hybridized carbons (Fsp3) is 0.545. The lowest BCUT2D eigenvalue weighted by atomic mass is 10.0. The maximum absolute atomic E-state index is 6.27.